The molecule has 0 bridgehead atoms. The minimum absolute atomic E-state index is 0.0590. The van der Waals surface area contributed by atoms with Crippen LogP contribution in [0.5, 0.6) is 0 Å². The average molecular weight is 537 g/mol. The Balaban J connectivity index is 1.46. The molecular weight excluding hydrogens is 512 g/mol. The van der Waals surface area contributed by atoms with Crippen LogP contribution in [0.1, 0.15) is 46.3 Å². The Bertz CT molecular complexity index is 1260. The fourth-order valence-electron chi connectivity index (χ4n) is 4.34. The van der Waals surface area contributed by atoms with E-state index < -0.39 is 24.0 Å². The molecule has 4 rings (SSSR count). The number of aryl methyl sites for hydroxylation is 1. The van der Waals surface area contributed by atoms with E-state index in [1.54, 1.807) is 26.0 Å². The number of halogens is 1. The van der Waals surface area contributed by atoms with Gasteiger partial charge in [0.2, 0.25) is 0 Å². The van der Waals surface area contributed by atoms with Gasteiger partial charge in [0, 0.05) is 22.1 Å². The first-order valence-electron chi connectivity index (χ1n) is 11.2. The molecule has 0 heterocycles. The van der Waals surface area contributed by atoms with Gasteiger partial charge in [-0.25, -0.2) is 4.79 Å². The van der Waals surface area contributed by atoms with Crippen LogP contribution in [0.3, 0.4) is 0 Å². The van der Waals surface area contributed by atoms with Crippen molar-refractivity contribution in [1.29, 1.82) is 0 Å². The van der Waals surface area contributed by atoms with Crippen LogP contribution in [0.25, 0.3) is 11.1 Å². The van der Waals surface area contributed by atoms with Gasteiger partial charge in [-0.2, -0.15) is 0 Å². The largest absolute Gasteiger partial charge is 0.481 e. The van der Waals surface area contributed by atoms with E-state index in [0.29, 0.717) is 10.2 Å². The van der Waals surface area contributed by atoms with E-state index in [2.05, 4.69) is 50.8 Å². The van der Waals surface area contributed by atoms with Crippen LogP contribution >= 0.6 is 15.9 Å². The predicted molar refractivity (Wildman–Crippen MR) is 137 cm³/mol. The summed E-state index contributed by atoms with van der Waals surface area (Å²) < 4.78 is 6.15. The Morgan fingerprint density at radius 1 is 1.03 bits per heavy atom. The normalized spacial score (nSPS) is 12.9. The third-order valence-electron chi connectivity index (χ3n) is 6.00. The molecule has 1 aliphatic rings. The smallest absolute Gasteiger partial charge is 0.411 e. The molecule has 0 radical (unpaired) electrons. The van der Waals surface area contributed by atoms with Crippen molar-refractivity contribution in [3.8, 4) is 11.1 Å². The second kappa shape index (κ2) is 10.3. The lowest BCUT2D eigenvalue weighted by Crippen LogP contribution is -2.34. The Kier molecular flexibility index (Phi) is 7.21. The maximum absolute atomic E-state index is 12.7. The zero-order chi connectivity index (χ0) is 25.1. The molecule has 35 heavy (non-hydrogen) atoms. The van der Waals surface area contributed by atoms with Gasteiger partial charge >= 0.3 is 12.1 Å². The zero-order valence-electron chi connectivity index (χ0n) is 19.3. The van der Waals surface area contributed by atoms with Gasteiger partial charge in [-0.1, -0.05) is 48.5 Å². The van der Waals surface area contributed by atoms with E-state index in [-0.39, 0.29) is 24.5 Å². The molecule has 7 nitrogen and oxygen atoms in total. The number of ether oxygens (including phenoxy) is 1. The van der Waals surface area contributed by atoms with Crippen molar-refractivity contribution in [2.45, 2.75) is 32.2 Å². The minimum atomic E-state index is -1.00. The van der Waals surface area contributed by atoms with Crippen LogP contribution < -0.4 is 10.6 Å². The third kappa shape index (κ3) is 5.38. The van der Waals surface area contributed by atoms with E-state index in [0.717, 1.165) is 27.8 Å². The van der Waals surface area contributed by atoms with Crippen molar-refractivity contribution < 1.29 is 24.2 Å². The second-order valence-corrected chi connectivity index (χ2v) is 9.42. The highest BCUT2D eigenvalue weighted by atomic mass is 79.9. The van der Waals surface area contributed by atoms with Crippen molar-refractivity contribution in [3.63, 3.8) is 0 Å². The van der Waals surface area contributed by atoms with Gasteiger partial charge in [0.05, 0.1) is 12.0 Å². The van der Waals surface area contributed by atoms with E-state index in [1.165, 1.54) is 0 Å². The lowest BCUT2D eigenvalue weighted by atomic mass is 9.98. The number of amides is 2. The molecule has 0 saturated heterocycles. The highest BCUT2D eigenvalue weighted by Crippen LogP contribution is 2.44. The molecule has 0 spiro atoms. The molecule has 3 aromatic carbocycles. The lowest BCUT2D eigenvalue weighted by Gasteiger charge is -2.17. The van der Waals surface area contributed by atoms with Gasteiger partial charge < -0.3 is 15.2 Å². The predicted octanol–water partition coefficient (Wildman–Crippen LogP) is 5.71. The summed E-state index contributed by atoms with van der Waals surface area (Å²) in [5.74, 6) is -1.50. The highest BCUT2D eigenvalue weighted by Gasteiger charge is 2.29. The zero-order valence-corrected chi connectivity index (χ0v) is 20.9. The van der Waals surface area contributed by atoms with Gasteiger partial charge in [0.15, 0.2) is 0 Å². The van der Waals surface area contributed by atoms with Crippen LogP contribution in [-0.2, 0) is 9.53 Å². The first-order valence-corrected chi connectivity index (χ1v) is 12.0. The summed E-state index contributed by atoms with van der Waals surface area (Å²) in [6.45, 7) is 3.60. The number of hydrogen-bond donors (Lipinski definition) is 3. The van der Waals surface area contributed by atoms with Gasteiger partial charge in [0.1, 0.15) is 6.61 Å². The second-order valence-electron chi connectivity index (χ2n) is 8.57. The number of hydrogen-bond acceptors (Lipinski definition) is 4. The number of carboxylic acid groups (broad SMARTS) is 1. The van der Waals surface area contributed by atoms with E-state index in [4.69, 9.17) is 9.84 Å². The molecule has 2 amide bonds. The van der Waals surface area contributed by atoms with Crippen molar-refractivity contribution in [2.75, 3.05) is 11.9 Å². The molecule has 0 aliphatic heterocycles. The number of fused-ring (bicyclic) bond motifs is 3. The van der Waals surface area contributed by atoms with Gasteiger partial charge in [-0.3, -0.25) is 14.9 Å². The summed E-state index contributed by atoms with van der Waals surface area (Å²) in [4.78, 5) is 36.2. The van der Waals surface area contributed by atoms with Gasteiger partial charge in [-0.05, 0) is 69.7 Å². The topological polar surface area (TPSA) is 105 Å². The molecule has 3 aromatic rings. The SMILES string of the molecule is Cc1cc(Br)c(C(=O)N[C@H](C)CC(=O)O)cc1NC(=O)OCC1c2ccccc2-c2ccccc21. The number of nitrogens with one attached hydrogen (secondary N) is 2. The maximum Gasteiger partial charge on any atom is 0.411 e. The van der Waals surface area contributed by atoms with Crippen molar-refractivity contribution in [1.82, 2.24) is 5.32 Å². The number of anilines is 1. The molecule has 0 saturated carbocycles. The van der Waals surface area contributed by atoms with E-state index in [1.807, 2.05) is 24.3 Å². The van der Waals surface area contributed by atoms with Crippen LogP contribution in [0, 0.1) is 6.92 Å². The fraction of sp³-hybridized carbons (Fsp3) is 0.222. The Morgan fingerprint density at radius 3 is 2.23 bits per heavy atom. The molecule has 8 heteroatoms. The molecule has 0 unspecified atom stereocenters. The minimum Gasteiger partial charge on any atom is -0.481 e. The quantitative estimate of drug-likeness (QED) is 0.358. The maximum atomic E-state index is 12.7. The molecule has 3 N–H and O–H groups in total. The molecular formula is C27H25BrN2O5. The van der Waals surface area contributed by atoms with Crippen molar-refractivity contribution >= 4 is 39.6 Å². The van der Waals surface area contributed by atoms with Gasteiger partial charge in [0.25, 0.3) is 5.91 Å². The van der Waals surface area contributed by atoms with Gasteiger partial charge in [-0.15, -0.1) is 0 Å². The van der Waals surface area contributed by atoms with E-state index in [9.17, 15) is 14.4 Å². The van der Waals surface area contributed by atoms with E-state index >= 15 is 0 Å². The monoisotopic (exact) mass is 536 g/mol. The number of benzene rings is 3. The number of aliphatic carboxylic acids is 1. The average Bonchev–Trinajstić information content (AvgIpc) is 3.12. The number of carbonyl (C=O) groups excluding carboxylic acids is 2. The number of carboxylic acids is 1. The van der Waals surface area contributed by atoms with Crippen LogP contribution in [0.4, 0.5) is 10.5 Å². The number of carbonyl (C=O) groups is 3. The first-order chi connectivity index (χ1) is 16.7. The Labute approximate surface area is 211 Å². The molecule has 0 aromatic heterocycles. The fourth-order valence-corrected chi connectivity index (χ4v) is 4.98. The summed E-state index contributed by atoms with van der Waals surface area (Å²) in [5, 5.41) is 14.3. The van der Waals surface area contributed by atoms with Crippen LogP contribution in [0.2, 0.25) is 0 Å². The third-order valence-corrected chi connectivity index (χ3v) is 6.65. The highest BCUT2D eigenvalue weighted by molar-refractivity contribution is 9.10. The molecule has 180 valence electrons. The summed E-state index contributed by atoms with van der Waals surface area (Å²) in [6, 6.07) is 18.9. The molecule has 1 aliphatic carbocycles. The lowest BCUT2D eigenvalue weighted by molar-refractivity contribution is -0.137. The standard InChI is InChI=1S/C27H25BrN2O5/c1-15-11-23(28)21(26(33)29-16(2)12-25(31)32)13-24(15)30-27(34)35-14-22-19-9-5-3-7-17(19)18-8-4-6-10-20(18)22/h3-11,13,16,22H,12,14H2,1-2H3,(H,29,33)(H,30,34)(H,31,32)/t16-/m1/s1. The molecule has 0 fully saturated rings. The summed E-state index contributed by atoms with van der Waals surface area (Å²) in [7, 11) is 0. The first kappa shape index (κ1) is 24.5. The van der Waals surface area contributed by atoms with Crippen LogP contribution in [-0.4, -0.2) is 35.7 Å². The summed E-state index contributed by atoms with van der Waals surface area (Å²) >= 11 is 3.37. The number of rotatable bonds is 7. The summed E-state index contributed by atoms with van der Waals surface area (Å²) in [5.41, 5.74) is 5.98. The molecule has 1 atom stereocenters. The van der Waals surface area contributed by atoms with Crippen LogP contribution in [0.15, 0.2) is 65.1 Å². The Hall–Kier alpha value is -3.65. The van der Waals surface area contributed by atoms with Crippen molar-refractivity contribution in [3.05, 3.63) is 87.4 Å². The summed E-state index contributed by atoms with van der Waals surface area (Å²) in [6.07, 6.45) is -0.817. The van der Waals surface area contributed by atoms with Crippen molar-refractivity contribution in [2.24, 2.45) is 0 Å². The Morgan fingerprint density at radius 2 is 1.63 bits per heavy atom.